The average molecular weight is 283 g/mol. The van der Waals surface area contributed by atoms with Gasteiger partial charge in [0.05, 0.1) is 5.92 Å². The highest BCUT2D eigenvalue weighted by Crippen LogP contribution is 2.11. The van der Waals surface area contributed by atoms with Crippen molar-refractivity contribution in [2.75, 3.05) is 6.54 Å². The van der Waals surface area contributed by atoms with Crippen molar-refractivity contribution < 1.29 is 14.7 Å². The molecule has 0 spiro atoms. The summed E-state index contributed by atoms with van der Waals surface area (Å²) in [6.45, 7) is 3.68. The fraction of sp³-hybridized carbons (Fsp3) is 0.500. The summed E-state index contributed by atoms with van der Waals surface area (Å²) in [5.41, 5.74) is -1.80. The largest absolute Gasteiger partial charge is 0.481 e. The molecule has 0 aliphatic carbocycles. The SMILES string of the molecule is CC(C)CC(CNC(=O)c1c[nH]c(=O)[nH]c1=O)C(=O)O. The third-order valence-corrected chi connectivity index (χ3v) is 2.68. The second-order valence-corrected chi connectivity index (χ2v) is 4.86. The Morgan fingerprint density at radius 2 is 2.00 bits per heavy atom. The summed E-state index contributed by atoms with van der Waals surface area (Å²) in [5.74, 6) is -2.28. The van der Waals surface area contributed by atoms with Crippen LogP contribution in [0.1, 0.15) is 30.6 Å². The highest BCUT2D eigenvalue weighted by Gasteiger charge is 2.20. The highest BCUT2D eigenvalue weighted by atomic mass is 16.4. The number of carbonyl (C=O) groups is 2. The first-order valence-electron chi connectivity index (χ1n) is 6.14. The van der Waals surface area contributed by atoms with Gasteiger partial charge < -0.3 is 15.4 Å². The van der Waals surface area contributed by atoms with Crippen molar-refractivity contribution >= 4 is 11.9 Å². The Kier molecular flexibility index (Phi) is 5.24. The van der Waals surface area contributed by atoms with Crippen molar-refractivity contribution in [3.63, 3.8) is 0 Å². The van der Waals surface area contributed by atoms with Crippen LogP contribution in [0.25, 0.3) is 0 Å². The minimum atomic E-state index is -1.01. The number of nitrogens with one attached hydrogen (secondary N) is 3. The van der Waals surface area contributed by atoms with Crippen LogP contribution >= 0.6 is 0 Å². The van der Waals surface area contributed by atoms with Crippen molar-refractivity contribution in [1.29, 1.82) is 0 Å². The van der Waals surface area contributed by atoms with Gasteiger partial charge in [0.1, 0.15) is 5.56 Å². The third kappa shape index (κ3) is 4.38. The summed E-state index contributed by atoms with van der Waals surface area (Å²) >= 11 is 0. The second kappa shape index (κ2) is 6.69. The zero-order valence-corrected chi connectivity index (χ0v) is 11.2. The lowest BCUT2D eigenvalue weighted by atomic mass is 9.97. The van der Waals surface area contributed by atoms with Gasteiger partial charge in [0.15, 0.2) is 0 Å². The molecule has 1 aromatic heterocycles. The Morgan fingerprint density at radius 1 is 1.35 bits per heavy atom. The van der Waals surface area contributed by atoms with Crippen LogP contribution in [0, 0.1) is 11.8 Å². The van der Waals surface area contributed by atoms with E-state index in [4.69, 9.17) is 5.11 Å². The second-order valence-electron chi connectivity index (χ2n) is 4.86. The minimum Gasteiger partial charge on any atom is -0.481 e. The van der Waals surface area contributed by atoms with E-state index in [9.17, 15) is 19.2 Å². The van der Waals surface area contributed by atoms with E-state index in [0.717, 1.165) is 6.20 Å². The molecule has 1 heterocycles. The van der Waals surface area contributed by atoms with Gasteiger partial charge in [0.25, 0.3) is 11.5 Å². The number of aromatic nitrogens is 2. The van der Waals surface area contributed by atoms with Crippen LogP contribution in [0.3, 0.4) is 0 Å². The molecular weight excluding hydrogens is 266 g/mol. The predicted molar refractivity (Wildman–Crippen MR) is 70.6 cm³/mol. The molecule has 8 heteroatoms. The van der Waals surface area contributed by atoms with Crippen molar-refractivity contribution in [3.05, 3.63) is 32.6 Å². The smallest absolute Gasteiger partial charge is 0.325 e. The number of rotatable bonds is 6. The van der Waals surface area contributed by atoms with E-state index in [0.29, 0.717) is 6.42 Å². The summed E-state index contributed by atoms with van der Waals surface area (Å²) in [7, 11) is 0. The number of carboxylic acid groups (broad SMARTS) is 1. The van der Waals surface area contributed by atoms with E-state index >= 15 is 0 Å². The summed E-state index contributed by atoms with van der Waals surface area (Å²) < 4.78 is 0. The van der Waals surface area contributed by atoms with Gasteiger partial charge >= 0.3 is 11.7 Å². The van der Waals surface area contributed by atoms with Crippen LogP contribution in [0.15, 0.2) is 15.8 Å². The maximum absolute atomic E-state index is 11.7. The Hall–Kier alpha value is -2.38. The van der Waals surface area contributed by atoms with Crippen molar-refractivity contribution in [3.8, 4) is 0 Å². The van der Waals surface area contributed by atoms with Crippen LogP contribution in [-0.4, -0.2) is 33.5 Å². The summed E-state index contributed by atoms with van der Waals surface area (Å²) in [6.07, 6.45) is 1.41. The molecule has 0 aromatic carbocycles. The monoisotopic (exact) mass is 283 g/mol. The summed E-state index contributed by atoms with van der Waals surface area (Å²) in [5, 5.41) is 11.4. The lowest BCUT2D eigenvalue weighted by Crippen LogP contribution is -2.37. The first kappa shape index (κ1) is 15.7. The zero-order chi connectivity index (χ0) is 15.3. The molecule has 0 fully saturated rings. The number of H-pyrrole nitrogens is 2. The van der Waals surface area contributed by atoms with Crippen molar-refractivity contribution in [1.82, 2.24) is 15.3 Å². The molecule has 1 rings (SSSR count). The molecule has 20 heavy (non-hydrogen) atoms. The van der Waals surface area contributed by atoms with Gasteiger partial charge in [0.2, 0.25) is 0 Å². The van der Waals surface area contributed by atoms with E-state index < -0.39 is 29.0 Å². The van der Waals surface area contributed by atoms with Crippen LogP contribution < -0.4 is 16.6 Å². The number of amides is 1. The number of carboxylic acids is 1. The van der Waals surface area contributed by atoms with E-state index in [1.54, 1.807) is 0 Å². The molecule has 0 saturated heterocycles. The van der Waals surface area contributed by atoms with E-state index in [-0.39, 0.29) is 18.0 Å². The molecule has 8 nitrogen and oxygen atoms in total. The number of aliphatic carboxylic acids is 1. The molecule has 1 atom stereocenters. The van der Waals surface area contributed by atoms with Crippen molar-refractivity contribution in [2.24, 2.45) is 11.8 Å². The molecule has 0 aliphatic heterocycles. The first-order chi connectivity index (χ1) is 9.31. The molecule has 1 aromatic rings. The maximum Gasteiger partial charge on any atom is 0.325 e. The van der Waals surface area contributed by atoms with Crippen LogP contribution in [0.2, 0.25) is 0 Å². The average Bonchev–Trinajstić information content (AvgIpc) is 2.33. The van der Waals surface area contributed by atoms with Gasteiger partial charge in [-0.25, -0.2) is 4.79 Å². The predicted octanol–water partition coefficient (Wildman–Crippen LogP) is -0.460. The Labute approximate surface area is 114 Å². The van der Waals surface area contributed by atoms with Gasteiger partial charge in [-0.05, 0) is 12.3 Å². The Morgan fingerprint density at radius 3 is 2.50 bits per heavy atom. The van der Waals surface area contributed by atoms with Crippen LogP contribution in [0.4, 0.5) is 0 Å². The van der Waals surface area contributed by atoms with Gasteiger partial charge in [-0.1, -0.05) is 13.8 Å². The molecule has 110 valence electrons. The molecule has 0 saturated carbocycles. The van der Waals surface area contributed by atoms with E-state index in [1.807, 2.05) is 18.8 Å². The van der Waals surface area contributed by atoms with E-state index in [2.05, 4.69) is 10.3 Å². The summed E-state index contributed by atoms with van der Waals surface area (Å²) in [4.78, 5) is 49.1. The maximum atomic E-state index is 11.7. The molecule has 0 aliphatic rings. The number of hydrogen-bond donors (Lipinski definition) is 4. The standard InChI is InChI=1S/C12H17N3O5/c1-6(2)3-7(11(18)19)4-13-9(16)8-5-14-12(20)15-10(8)17/h5-7H,3-4H2,1-2H3,(H,13,16)(H,18,19)(H2,14,15,17,20). The third-order valence-electron chi connectivity index (χ3n) is 2.68. The van der Waals surface area contributed by atoms with E-state index in [1.165, 1.54) is 0 Å². The molecule has 0 radical (unpaired) electrons. The fourth-order valence-corrected chi connectivity index (χ4v) is 1.73. The molecular formula is C12H17N3O5. The Balaban J connectivity index is 2.73. The quantitative estimate of drug-likeness (QED) is 0.561. The first-order valence-corrected chi connectivity index (χ1v) is 6.14. The number of hydrogen-bond acceptors (Lipinski definition) is 4. The minimum absolute atomic E-state index is 0.0785. The highest BCUT2D eigenvalue weighted by molar-refractivity contribution is 5.93. The molecule has 1 amide bonds. The van der Waals surface area contributed by atoms with Crippen LogP contribution in [0.5, 0.6) is 0 Å². The zero-order valence-electron chi connectivity index (χ0n) is 11.2. The number of carbonyl (C=O) groups excluding carboxylic acids is 1. The van der Waals surface area contributed by atoms with Gasteiger partial charge in [-0.2, -0.15) is 0 Å². The lowest BCUT2D eigenvalue weighted by Gasteiger charge is -2.15. The number of aromatic amines is 2. The lowest BCUT2D eigenvalue weighted by molar-refractivity contribution is -0.142. The van der Waals surface area contributed by atoms with Gasteiger partial charge in [-0.3, -0.25) is 19.4 Å². The van der Waals surface area contributed by atoms with Gasteiger partial charge in [0, 0.05) is 12.7 Å². The fourth-order valence-electron chi connectivity index (χ4n) is 1.73. The molecule has 1 unspecified atom stereocenters. The Bertz CT molecular complexity index is 602. The summed E-state index contributed by atoms with van der Waals surface area (Å²) in [6, 6.07) is 0. The molecule has 0 bridgehead atoms. The van der Waals surface area contributed by atoms with Crippen LogP contribution in [-0.2, 0) is 4.79 Å². The normalized spacial score (nSPS) is 12.2. The van der Waals surface area contributed by atoms with Gasteiger partial charge in [-0.15, -0.1) is 0 Å². The topological polar surface area (TPSA) is 132 Å². The van der Waals surface area contributed by atoms with Crippen molar-refractivity contribution in [2.45, 2.75) is 20.3 Å². The molecule has 4 N–H and O–H groups in total.